The van der Waals surface area contributed by atoms with Crippen LogP contribution in [-0.4, -0.2) is 29.0 Å². The molecule has 0 aliphatic heterocycles. The Hall–Kier alpha value is -5.11. The quantitative estimate of drug-likeness (QED) is 0.189. The molecule has 1 aromatic heterocycles. The molecule has 3 aromatic carbocycles. The number of amides is 1. The molecule has 0 radical (unpaired) electrons. The first-order valence-corrected chi connectivity index (χ1v) is 10.5. The van der Waals surface area contributed by atoms with Crippen LogP contribution >= 0.6 is 0 Å². The van der Waals surface area contributed by atoms with E-state index in [9.17, 15) is 14.4 Å². The number of pyridine rings is 1. The number of carbonyl (C=O) groups is 3. The van der Waals surface area contributed by atoms with Crippen molar-refractivity contribution >= 4 is 24.1 Å². The molecule has 8 heteroatoms. The van der Waals surface area contributed by atoms with E-state index in [1.807, 2.05) is 0 Å². The van der Waals surface area contributed by atoms with Crippen LogP contribution in [0.15, 0.2) is 108 Å². The Morgan fingerprint density at radius 2 is 1.31 bits per heavy atom. The van der Waals surface area contributed by atoms with Gasteiger partial charge >= 0.3 is 11.9 Å². The van der Waals surface area contributed by atoms with Gasteiger partial charge < -0.3 is 9.47 Å². The van der Waals surface area contributed by atoms with Crippen LogP contribution in [0.4, 0.5) is 0 Å². The third-order valence-corrected chi connectivity index (χ3v) is 4.67. The summed E-state index contributed by atoms with van der Waals surface area (Å²) in [6.07, 6.45) is 2.87. The summed E-state index contributed by atoms with van der Waals surface area (Å²) in [6, 6.07) is 26.4. The molecule has 0 saturated heterocycles. The summed E-state index contributed by atoms with van der Waals surface area (Å²) in [5, 5.41) is 3.92. The lowest BCUT2D eigenvalue weighted by Gasteiger charge is -2.11. The number of hydrogen-bond acceptors (Lipinski definition) is 7. The average molecular weight is 465 g/mol. The lowest BCUT2D eigenvalue weighted by atomic mass is 10.2. The van der Waals surface area contributed by atoms with Gasteiger partial charge in [-0.1, -0.05) is 42.5 Å². The number of esters is 2. The van der Waals surface area contributed by atoms with Gasteiger partial charge in [0, 0.05) is 6.20 Å². The molecule has 172 valence electrons. The summed E-state index contributed by atoms with van der Waals surface area (Å²) in [4.78, 5) is 41.2. The van der Waals surface area contributed by atoms with Crippen LogP contribution in [0, 0.1) is 0 Å². The van der Waals surface area contributed by atoms with Gasteiger partial charge in [0.1, 0.15) is 5.69 Å². The van der Waals surface area contributed by atoms with E-state index < -0.39 is 17.8 Å². The largest absolute Gasteiger partial charge is 0.419 e. The highest BCUT2D eigenvalue weighted by molar-refractivity contribution is 5.94. The fourth-order valence-electron chi connectivity index (χ4n) is 2.95. The molecule has 0 unspecified atom stereocenters. The van der Waals surface area contributed by atoms with Crippen LogP contribution in [0.2, 0.25) is 0 Å². The van der Waals surface area contributed by atoms with E-state index in [4.69, 9.17) is 9.47 Å². The second kappa shape index (κ2) is 11.2. The highest BCUT2D eigenvalue weighted by Crippen LogP contribution is 2.29. The Bertz CT molecular complexity index is 1360. The average Bonchev–Trinajstić information content (AvgIpc) is 2.91. The van der Waals surface area contributed by atoms with Crippen molar-refractivity contribution in [1.82, 2.24) is 10.4 Å². The minimum atomic E-state index is -0.625. The van der Waals surface area contributed by atoms with Gasteiger partial charge in [-0.3, -0.25) is 9.78 Å². The van der Waals surface area contributed by atoms with Crippen molar-refractivity contribution in [2.45, 2.75) is 0 Å². The van der Waals surface area contributed by atoms with Crippen molar-refractivity contribution in [1.29, 1.82) is 0 Å². The van der Waals surface area contributed by atoms with Gasteiger partial charge in [-0.05, 0) is 60.2 Å². The summed E-state index contributed by atoms with van der Waals surface area (Å²) >= 11 is 0. The molecule has 0 fully saturated rings. The predicted octanol–water partition coefficient (Wildman–Crippen LogP) is 4.28. The third kappa shape index (κ3) is 6.23. The number of hydrazone groups is 1. The van der Waals surface area contributed by atoms with Crippen LogP contribution in [0.25, 0.3) is 0 Å². The molecule has 0 atom stereocenters. The molecule has 0 aliphatic carbocycles. The zero-order chi connectivity index (χ0) is 24.5. The first kappa shape index (κ1) is 23.1. The minimum absolute atomic E-state index is 0.0168. The lowest BCUT2D eigenvalue weighted by Crippen LogP contribution is -2.18. The summed E-state index contributed by atoms with van der Waals surface area (Å²) < 4.78 is 11.0. The minimum Gasteiger partial charge on any atom is -0.419 e. The normalized spacial score (nSPS) is 10.5. The second-order valence-electron chi connectivity index (χ2n) is 7.13. The van der Waals surface area contributed by atoms with E-state index in [0.29, 0.717) is 16.7 Å². The highest BCUT2D eigenvalue weighted by atomic mass is 16.6. The zero-order valence-corrected chi connectivity index (χ0v) is 18.3. The zero-order valence-electron chi connectivity index (χ0n) is 18.3. The number of ether oxygens (including phenoxy) is 2. The maximum absolute atomic E-state index is 12.6. The number of carbonyl (C=O) groups excluding carboxylic acids is 3. The van der Waals surface area contributed by atoms with Crippen molar-refractivity contribution in [2.75, 3.05) is 0 Å². The van der Waals surface area contributed by atoms with Gasteiger partial charge in [0.25, 0.3) is 5.91 Å². The van der Waals surface area contributed by atoms with E-state index >= 15 is 0 Å². The van der Waals surface area contributed by atoms with Crippen LogP contribution in [0.1, 0.15) is 36.8 Å². The Kier molecular flexibility index (Phi) is 7.35. The molecule has 1 N–H and O–H groups in total. The number of hydrogen-bond donors (Lipinski definition) is 1. The van der Waals surface area contributed by atoms with E-state index in [1.165, 1.54) is 24.5 Å². The monoisotopic (exact) mass is 465 g/mol. The molecule has 4 rings (SSSR count). The molecule has 4 aromatic rings. The number of rotatable bonds is 7. The number of benzene rings is 3. The van der Waals surface area contributed by atoms with E-state index in [2.05, 4.69) is 15.5 Å². The van der Waals surface area contributed by atoms with Crippen LogP contribution in [0.5, 0.6) is 11.5 Å². The van der Waals surface area contributed by atoms with Crippen molar-refractivity contribution in [3.05, 3.63) is 126 Å². The van der Waals surface area contributed by atoms with Crippen LogP contribution in [-0.2, 0) is 0 Å². The van der Waals surface area contributed by atoms with Crippen molar-refractivity contribution in [3.63, 3.8) is 0 Å². The summed E-state index contributed by atoms with van der Waals surface area (Å²) in [7, 11) is 0. The van der Waals surface area contributed by atoms with Gasteiger partial charge in [0.15, 0.2) is 11.5 Å². The fraction of sp³-hybridized carbons (Fsp3) is 0. The second-order valence-corrected chi connectivity index (χ2v) is 7.13. The molecular formula is C27H19N3O5. The summed E-state index contributed by atoms with van der Waals surface area (Å²) in [5.74, 6) is -1.64. The molecule has 8 nitrogen and oxygen atoms in total. The predicted molar refractivity (Wildman–Crippen MR) is 129 cm³/mol. The van der Waals surface area contributed by atoms with Crippen LogP contribution in [0.3, 0.4) is 0 Å². The molecule has 0 spiro atoms. The van der Waals surface area contributed by atoms with Gasteiger partial charge in [-0.2, -0.15) is 5.10 Å². The molecule has 0 aliphatic rings. The molecule has 1 amide bonds. The van der Waals surface area contributed by atoms with Gasteiger partial charge in [-0.15, -0.1) is 0 Å². The van der Waals surface area contributed by atoms with E-state index in [0.717, 1.165) is 0 Å². The first-order chi connectivity index (χ1) is 17.1. The maximum atomic E-state index is 12.6. The standard InChI is InChI=1S/C27H19N3O5/c31-25(22-13-7-8-16-28-22)30-29-18-19-14-15-23(34-26(32)20-9-3-1-4-10-20)24(17-19)35-27(33)21-11-5-2-6-12-21/h1-18H,(H,30,31)/b29-18+. The van der Waals surface area contributed by atoms with Gasteiger partial charge in [0.2, 0.25) is 0 Å². The molecule has 0 bridgehead atoms. The fourth-order valence-corrected chi connectivity index (χ4v) is 2.95. The van der Waals surface area contributed by atoms with Gasteiger partial charge in [0.05, 0.1) is 17.3 Å². The highest BCUT2D eigenvalue weighted by Gasteiger charge is 2.17. The molecule has 35 heavy (non-hydrogen) atoms. The Morgan fingerprint density at radius 1 is 0.714 bits per heavy atom. The number of nitrogens with one attached hydrogen (secondary N) is 1. The number of nitrogens with zero attached hydrogens (tertiary/aromatic N) is 2. The van der Waals surface area contributed by atoms with Crippen molar-refractivity contribution < 1.29 is 23.9 Å². The molecule has 1 heterocycles. The third-order valence-electron chi connectivity index (χ3n) is 4.67. The molecular weight excluding hydrogens is 446 g/mol. The van der Waals surface area contributed by atoms with Gasteiger partial charge in [-0.25, -0.2) is 15.0 Å². The SMILES string of the molecule is O=C(Oc1ccc(/C=N/NC(=O)c2ccccn2)cc1OC(=O)c1ccccc1)c1ccccc1. The van der Waals surface area contributed by atoms with E-state index in [1.54, 1.807) is 84.9 Å². The maximum Gasteiger partial charge on any atom is 0.343 e. The summed E-state index contributed by atoms with van der Waals surface area (Å²) in [6.45, 7) is 0. The first-order valence-electron chi connectivity index (χ1n) is 10.5. The molecule has 0 saturated carbocycles. The van der Waals surface area contributed by atoms with E-state index in [-0.39, 0.29) is 17.2 Å². The summed E-state index contributed by atoms with van der Waals surface area (Å²) in [5.41, 5.74) is 3.75. The van der Waals surface area contributed by atoms with Crippen molar-refractivity contribution in [3.8, 4) is 11.5 Å². The lowest BCUT2D eigenvalue weighted by molar-refractivity contribution is 0.0682. The topological polar surface area (TPSA) is 107 Å². The van der Waals surface area contributed by atoms with Crippen LogP contribution < -0.4 is 14.9 Å². The Labute approximate surface area is 200 Å². The van der Waals surface area contributed by atoms with Crippen molar-refractivity contribution in [2.24, 2.45) is 5.10 Å². The Morgan fingerprint density at radius 3 is 1.91 bits per heavy atom. The smallest absolute Gasteiger partial charge is 0.343 e. The Balaban J connectivity index is 1.55. The number of aromatic nitrogens is 1.